The summed E-state index contributed by atoms with van der Waals surface area (Å²) < 4.78 is 8.65. The third-order valence-electron chi connectivity index (χ3n) is 8.23. The number of benzene rings is 5. The summed E-state index contributed by atoms with van der Waals surface area (Å²) >= 11 is 0. The highest BCUT2D eigenvalue weighted by Crippen LogP contribution is 2.38. The zero-order valence-electron chi connectivity index (χ0n) is 22.5. The lowest BCUT2D eigenvalue weighted by Crippen LogP contribution is -1.94. The maximum atomic E-state index is 6.46. The molecule has 40 heavy (non-hydrogen) atoms. The Bertz CT molecular complexity index is 2240. The molecule has 0 radical (unpaired) electrons. The van der Waals surface area contributed by atoms with Gasteiger partial charge in [-0.15, -0.1) is 10.2 Å². The van der Waals surface area contributed by atoms with Gasteiger partial charge in [-0.25, -0.2) is 0 Å². The molecule has 3 heterocycles. The van der Waals surface area contributed by atoms with Gasteiger partial charge in [0.2, 0.25) is 0 Å². The topological polar surface area (TPSA) is 43.3 Å². The minimum absolute atomic E-state index is 0.840. The van der Waals surface area contributed by atoms with E-state index in [1.54, 1.807) is 0 Å². The second-order valence-electron chi connectivity index (χ2n) is 10.5. The number of para-hydroxylation sites is 1. The molecule has 8 aromatic rings. The summed E-state index contributed by atoms with van der Waals surface area (Å²) in [6, 6.07) is 36.7. The zero-order chi connectivity index (χ0) is 26.8. The molecule has 0 aliphatic carbocycles. The van der Waals surface area contributed by atoms with E-state index in [-0.39, 0.29) is 0 Å². The molecule has 192 valence electrons. The number of nitrogens with zero attached hydrogens (tertiary/aromatic N) is 3. The van der Waals surface area contributed by atoms with Gasteiger partial charge < -0.3 is 4.42 Å². The van der Waals surface area contributed by atoms with E-state index in [0.29, 0.717) is 0 Å². The molecule has 4 heteroatoms. The first-order valence-electron chi connectivity index (χ1n) is 14.0. The highest BCUT2D eigenvalue weighted by atomic mass is 16.3. The molecule has 3 aromatic heterocycles. The molecular weight excluding hydrogens is 490 g/mol. The first kappa shape index (κ1) is 23.0. The van der Waals surface area contributed by atoms with Crippen molar-refractivity contribution in [1.82, 2.24) is 14.6 Å². The lowest BCUT2D eigenvalue weighted by atomic mass is 9.97. The fourth-order valence-electron chi connectivity index (χ4n) is 6.11. The fourth-order valence-corrected chi connectivity index (χ4v) is 6.11. The Morgan fingerprint density at radius 2 is 1.30 bits per heavy atom. The molecule has 4 nitrogen and oxygen atoms in total. The maximum absolute atomic E-state index is 6.46. The molecule has 0 N–H and O–H groups in total. The number of aryl methyl sites for hydroxylation is 2. The van der Waals surface area contributed by atoms with Gasteiger partial charge in [0.25, 0.3) is 0 Å². The van der Waals surface area contributed by atoms with Crippen molar-refractivity contribution in [3.8, 4) is 22.5 Å². The van der Waals surface area contributed by atoms with Crippen molar-refractivity contribution in [2.75, 3.05) is 0 Å². The third-order valence-corrected chi connectivity index (χ3v) is 8.23. The number of hydrogen-bond donors (Lipinski definition) is 0. The summed E-state index contributed by atoms with van der Waals surface area (Å²) in [5, 5.41) is 15.2. The van der Waals surface area contributed by atoms with Gasteiger partial charge in [0.15, 0.2) is 11.5 Å². The van der Waals surface area contributed by atoms with Crippen molar-refractivity contribution in [2.45, 2.75) is 26.7 Å². The number of pyridine rings is 1. The lowest BCUT2D eigenvalue weighted by molar-refractivity contribution is 0.669. The average molecular weight is 518 g/mol. The Morgan fingerprint density at radius 3 is 2.10 bits per heavy atom. The van der Waals surface area contributed by atoms with E-state index in [1.165, 1.54) is 32.7 Å². The predicted octanol–water partition coefficient (Wildman–Crippen LogP) is 9.39. The van der Waals surface area contributed by atoms with Crippen molar-refractivity contribution in [3.05, 3.63) is 114 Å². The lowest BCUT2D eigenvalue weighted by Gasteiger charge is -2.10. The van der Waals surface area contributed by atoms with Crippen LogP contribution >= 0.6 is 0 Å². The van der Waals surface area contributed by atoms with E-state index in [0.717, 1.165) is 63.1 Å². The van der Waals surface area contributed by atoms with Gasteiger partial charge in [-0.1, -0.05) is 86.6 Å². The van der Waals surface area contributed by atoms with Crippen LogP contribution in [-0.4, -0.2) is 14.6 Å². The summed E-state index contributed by atoms with van der Waals surface area (Å²) in [6.45, 7) is 4.40. The Kier molecular flexibility index (Phi) is 5.05. The van der Waals surface area contributed by atoms with Crippen LogP contribution in [0.3, 0.4) is 0 Å². The number of rotatable bonds is 4. The van der Waals surface area contributed by atoms with Crippen LogP contribution in [0.15, 0.2) is 108 Å². The molecule has 0 unspecified atom stereocenters. The van der Waals surface area contributed by atoms with E-state index in [2.05, 4.69) is 132 Å². The second kappa shape index (κ2) is 8.78. The van der Waals surface area contributed by atoms with Gasteiger partial charge in [-0.3, -0.25) is 4.40 Å². The Hall–Kier alpha value is -4.96. The van der Waals surface area contributed by atoms with Crippen LogP contribution in [0, 0.1) is 0 Å². The van der Waals surface area contributed by atoms with Crippen molar-refractivity contribution in [2.24, 2.45) is 0 Å². The molecule has 0 amide bonds. The van der Waals surface area contributed by atoms with Crippen LogP contribution in [0.1, 0.15) is 25.0 Å². The number of hydrogen-bond acceptors (Lipinski definition) is 3. The number of furan rings is 1. The third kappa shape index (κ3) is 3.32. The molecule has 0 saturated heterocycles. The Labute approximate surface area is 231 Å². The first-order valence-corrected chi connectivity index (χ1v) is 14.0. The predicted molar refractivity (Wildman–Crippen MR) is 165 cm³/mol. The highest BCUT2D eigenvalue weighted by molar-refractivity contribution is 6.12. The van der Waals surface area contributed by atoms with Crippen LogP contribution in [0.25, 0.3) is 71.8 Å². The van der Waals surface area contributed by atoms with E-state index >= 15 is 0 Å². The van der Waals surface area contributed by atoms with Crippen LogP contribution in [-0.2, 0) is 12.8 Å². The quantitative estimate of drug-likeness (QED) is 0.218. The van der Waals surface area contributed by atoms with Gasteiger partial charge in [-0.05, 0) is 65.3 Å². The number of aromatic nitrogens is 3. The van der Waals surface area contributed by atoms with Crippen molar-refractivity contribution < 1.29 is 4.42 Å². The van der Waals surface area contributed by atoms with Crippen molar-refractivity contribution >= 4 is 49.3 Å². The smallest absolute Gasteiger partial charge is 0.169 e. The maximum Gasteiger partial charge on any atom is 0.169 e. The normalized spacial score (nSPS) is 11.9. The zero-order valence-corrected chi connectivity index (χ0v) is 22.5. The molecule has 0 aliphatic rings. The molecule has 8 rings (SSSR count). The summed E-state index contributed by atoms with van der Waals surface area (Å²) in [5.74, 6) is 0.840. The molecule has 0 fully saturated rings. The average Bonchev–Trinajstić information content (AvgIpc) is 3.63. The summed E-state index contributed by atoms with van der Waals surface area (Å²) in [4.78, 5) is 0. The first-order chi connectivity index (χ1) is 19.7. The summed E-state index contributed by atoms with van der Waals surface area (Å²) in [6.07, 6.45) is 1.97. The summed E-state index contributed by atoms with van der Waals surface area (Å²) in [7, 11) is 0. The minimum atomic E-state index is 0.840. The fraction of sp³-hybridized carbons (Fsp3) is 0.111. The molecule has 5 aromatic carbocycles. The van der Waals surface area contributed by atoms with Gasteiger partial charge >= 0.3 is 0 Å². The van der Waals surface area contributed by atoms with E-state index in [4.69, 9.17) is 4.42 Å². The van der Waals surface area contributed by atoms with Gasteiger partial charge in [0, 0.05) is 32.7 Å². The largest absolute Gasteiger partial charge is 0.455 e. The second-order valence-corrected chi connectivity index (χ2v) is 10.5. The highest BCUT2D eigenvalue weighted by Gasteiger charge is 2.17. The SMILES string of the molecule is CCc1ccc2oc3c(-c4ccc(-c5nnc6c7ccccc7c7ccccc7n56)cc4)cc(CC)cc3c2c1. The van der Waals surface area contributed by atoms with Gasteiger partial charge in [-0.2, -0.15) is 0 Å². The van der Waals surface area contributed by atoms with Crippen molar-refractivity contribution in [1.29, 1.82) is 0 Å². The van der Waals surface area contributed by atoms with Gasteiger partial charge in [0.1, 0.15) is 11.2 Å². The van der Waals surface area contributed by atoms with E-state index in [9.17, 15) is 0 Å². The van der Waals surface area contributed by atoms with E-state index < -0.39 is 0 Å². The Morgan fingerprint density at radius 1 is 0.600 bits per heavy atom. The molecular formula is C36H27N3O. The minimum Gasteiger partial charge on any atom is -0.455 e. The molecule has 0 bridgehead atoms. The van der Waals surface area contributed by atoms with Crippen LogP contribution < -0.4 is 0 Å². The molecule has 0 saturated carbocycles. The van der Waals surface area contributed by atoms with E-state index in [1.807, 2.05) is 0 Å². The monoisotopic (exact) mass is 517 g/mol. The number of fused-ring (bicyclic) bond motifs is 9. The van der Waals surface area contributed by atoms with Crippen molar-refractivity contribution in [3.63, 3.8) is 0 Å². The van der Waals surface area contributed by atoms with Gasteiger partial charge in [0.05, 0.1) is 5.52 Å². The molecule has 0 aliphatic heterocycles. The molecule has 0 atom stereocenters. The Balaban J connectivity index is 1.31. The van der Waals surface area contributed by atoms with Crippen LogP contribution in [0.5, 0.6) is 0 Å². The van der Waals surface area contributed by atoms with Crippen LogP contribution in [0.4, 0.5) is 0 Å². The van der Waals surface area contributed by atoms with Crippen LogP contribution in [0.2, 0.25) is 0 Å². The standard InChI is InChI=1S/C36H27N3O/c1-3-22-13-18-33-30(19-22)31-21-23(4-2)20-29(34(31)40-33)24-14-16-25(17-15-24)35-37-38-36-28-11-6-5-9-26(28)27-10-7-8-12-32(27)39(35)36/h5-21H,3-4H2,1-2H3. The molecule has 0 spiro atoms. The summed E-state index contributed by atoms with van der Waals surface area (Å²) in [5.41, 5.74) is 9.76.